The van der Waals surface area contributed by atoms with Crippen LogP contribution in [0.25, 0.3) is 0 Å². The number of nitrogens with zero attached hydrogens (tertiary/aromatic N) is 2. The lowest BCUT2D eigenvalue weighted by molar-refractivity contribution is -0.166. The monoisotopic (exact) mass is 523 g/mol. The first-order valence-corrected chi connectivity index (χ1v) is 13.3. The van der Waals surface area contributed by atoms with Crippen molar-refractivity contribution < 1.29 is 24.6 Å². The van der Waals surface area contributed by atoms with Gasteiger partial charge in [-0.2, -0.15) is 0 Å². The SMILES string of the molecule is C/C=C(/C)CN1C(=O)[C@H]2N(C(=O)[C@@H](O)[C@H](Cc3ccccc3)NC(=O)c3cccc(O)c3C)CSC21C. The van der Waals surface area contributed by atoms with Crippen LogP contribution in [-0.4, -0.2) is 73.2 Å². The highest BCUT2D eigenvalue weighted by atomic mass is 32.2. The van der Waals surface area contributed by atoms with Gasteiger partial charge in [-0.1, -0.05) is 48.0 Å². The molecule has 2 saturated heterocycles. The third kappa shape index (κ3) is 4.98. The first-order chi connectivity index (χ1) is 17.6. The topological polar surface area (TPSA) is 110 Å². The predicted octanol–water partition coefficient (Wildman–Crippen LogP) is 2.83. The Morgan fingerprint density at radius 3 is 2.59 bits per heavy atom. The van der Waals surface area contributed by atoms with Crippen molar-refractivity contribution in [3.8, 4) is 5.75 Å². The summed E-state index contributed by atoms with van der Waals surface area (Å²) in [6.07, 6.45) is 0.603. The molecule has 0 bridgehead atoms. The van der Waals surface area contributed by atoms with Crippen molar-refractivity contribution in [1.82, 2.24) is 15.1 Å². The second-order valence-electron chi connectivity index (χ2n) is 9.76. The van der Waals surface area contributed by atoms with Crippen molar-refractivity contribution in [3.63, 3.8) is 0 Å². The summed E-state index contributed by atoms with van der Waals surface area (Å²) in [6.45, 7) is 7.95. The standard InChI is InChI=1S/C28H33N3O5S/c1-5-17(2)15-31-27(36)24-28(31,4)37-16-30(24)26(35)23(33)21(14-19-10-7-6-8-11-19)29-25(34)20-12-9-13-22(32)18(20)3/h5-13,21,23-24,32-33H,14-16H2,1-4H3,(H,29,34)/b17-5-/t21-,23-,24+,28?/m0/s1. The lowest BCUT2D eigenvalue weighted by Gasteiger charge is -2.53. The maximum absolute atomic E-state index is 13.6. The van der Waals surface area contributed by atoms with Crippen molar-refractivity contribution in [3.05, 3.63) is 76.9 Å². The minimum Gasteiger partial charge on any atom is -0.508 e. The van der Waals surface area contributed by atoms with E-state index in [-0.39, 0.29) is 29.5 Å². The van der Waals surface area contributed by atoms with Crippen LogP contribution in [0.3, 0.4) is 0 Å². The van der Waals surface area contributed by atoms with Crippen LogP contribution in [0.4, 0.5) is 0 Å². The molecule has 3 N–H and O–H groups in total. The number of hydrogen-bond donors (Lipinski definition) is 3. The largest absolute Gasteiger partial charge is 0.508 e. The normalized spacial score (nSPS) is 22.8. The third-order valence-corrected chi connectivity index (χ3v) is 8.77. The molecule has 2 aromatic rings. The fourth-order valence-corrected chi connectivity index (χ4v) is 6.24. The number of phenolic OH excluding ortho intramolecular Hbond substituents is 1. The van der Waals surface area contributed by atoms with Crippen LogP contribution in [0.2, 0.25) is 0 Å². The number of benzene rings is 2. The number of β-lactam (4-membered cyclic amide) rings is 1. The Kier molecular flexibility index (Phi) is 7.66. The van der Waals surface area contributed by atoms with E-state index in [0.29, 0.717) is 12.1 Å². The van der Waals surface area contributed by atoms with E-state index in [1.165, 1.54) is 22.7 Å². The fraction of sp³-hybridized carbons (Fsp3) is 0.393. The molecule has 9 heteroatoms. The molecule has 2 aromatic carbocycles. The Morgan fingerprint density at radius 2 is 1.92 bits per heavy atom. The van der Waals surface area contributed by atoms with Crippen LogP contribution in [0.15, 0.2) is 60.2 Å². The smallest absolute Gasteiger partial charge is 0.255 e. The molecule has 3 amide bonds. The molecule has 0 saturated carbocycles. The van der Waals surface area contributed by atoms with Gasteiger partial charge in [-0.05, 0) is 51.8 Å². The molecule has 0 radical (unpaired) electrons. The van der Waals surface area contributed by atoms with E-state index in [2.05, 4.69) is 5.32 Å². The number of aromatic hydroxyl groups is 1. The van der Waals surface area contributed by atoms with Gasteiger partial charge in [0.1, 0.15) is 16.7 Å². The highest BCUT2D eigenvalue weighted by Gasteiger charge is 2.65. The van der Waals surface area contributed by atoms with Gasteiger partial charge in [-0.15, -0.1) is 11.8 Å². The third-order valence-electron chi connectivity index (χ3n) is 7.33. The summed E-state index contributed by atoms with van der Waals surface area (Å²) >= 11 is 1.50. The fourth-order valence-electron chi connectivity index (χ4n) is 4.86. The lowest BCUT2D eigenvalue weighted by Crippen LogP contribution is -2.74. The van der Waals surface area contributed by atoms with Crippen LogP contribution >= 0.6 is 11.8 Å². The zero-order valence-corrected chi connectivity index (χ0v) is 22.3. The number of rotatable bonds is 8. The average molecular weight is 524 g/mol. The lowest BCUT2D eigenvalue weighted by atomic mass is 9.92. The number of nitrogens with one attached hydrogen (secondary N) is 1. The maximum Gasteiger partial charge on any atom is 0.255 e. The minimum absolute atomic E-state index is 0.0153. The number of carbonyl (C=O) groups excluding carboxylic acids is 3. The van der Waals surface area contributed by atoms with Crippen molar-refractivity contribution in [2.45, 2.75) is 57.2 Å². The van der Waals surface area contributed by atoms with Crippen LogP contribution in [0, 0.1) is 6.92 Å². The summed E-state index contributed by atoms with van der Waals surface area (Å²) in [5, 5.41) is 24.1. The number of hydrogen-bond acceptors (Lipinski definition) is 6. The van der Waals surface area contributed by atoms with Crippen LogP contribution in [0.1, 0.15) is 42.3 Å². The molecule has 8 nitrogen and oxygen atoms in total. The molecule has 2 heterocycles. The van der Waals surface area contributed by atoms with Crippen LogP contribution in [0.5, 0.6) is 5.75 Å². The highest BCUT2D eigenvalue weighted by molar-refractivity contribution is 8.01. The Bertz CT molecular complexity index is 1230. The number of thioether (sulfide) groups is 1. The number of fused-ring (bicyclic) bond motifs is 1. The molecule has 0 aliphatic carbocycles. The molecule has 2 aliphatic rings. The Balaban J connectivity index is 1.55. The van der Waals surface area contributed by atoms with Gasteiger partial charge in [0.2, 0.25) is 5.91 Å². The molecule has 37 heavy (non-hydrogen) atoms. The van der Waals surface area contributed by atoms with E-state index in [9.17, 15) is 24.6 Å². The molecule has 0 spiro atoms. The van der Waals surface area contributed by atoms with E-state index >= 15 is 0 Å². The number of carbonyl (C=O) groups is 3. The van der Waals surface area contributed by atoms with Gasteiger partial charge >= 0.3 is 0 Å². The molecule has 2 aliphatic heterocycles. The van der Waals surface area contributed by atoms with Crippen molar-refractivity contribution in [2.75, 3.05) is 12.4 Å². The van der Waals surface area contributed by atoms with Gasteiger partial charge in [0.15, 0.2) is 6.10 Å². The van der Waals surface area contributed by atoms with E-state index in [0.717, 1.165) is 11.1 Å². The summed E-state index contributed by atoms with van der Waals surface area (Å²) in [6, 6.07) is 12.3. The number of aliphatic hydroxyl groups excluding tert-OH is 1. The van der Waals surface area contributed by atoms with E-state index < -0.39 is 34.9 Å². The first-order valence-electron chi connectivity index (χ1n) is 12.3. The van der Waals surface area contributed by atoms with Crippen molar-refractivity contribution in [2.24, 2.45) is 0 Å². The zero-order valence-electron chi connectivity index (χ0n) is 21.5. The van der Waals surface area contributed by atoms with Gasteiger partial charge in [0.25, 0.3) is 11.8 Å². The summed E-state index contributed by atoms with van der Waals surface area (Å²) in [4.78, 5) is 42.4. The van der Waals surface area contributed by atoms with Crippen LogP contribution < -0.4 is 5.32 Å². The predicted molar refractivity (Wildman–Crippen MR) is 143 cm³/mol. The average Bonchev–Trinajstić information content (AvgIpc) is 3.21. The Hall–Kier alpha value is -3.30. The number of likely N-dealkylation sites (tertiary alicyclic amines) is 1. The molecule has 4 rings (SSSR count). The maximum atomic E-state index is 13.6. The highest BCUT2D eigenvalue weighted by Crippen LogP contribution is 2.50. The van der Waals surface area contributed by atoms with E-state index in [1.54, 1.807) is 24.0 Å². The van der Waals surface area contributed by atoms with Gasteiger partial charge < -0.3 is 25.3 Å². The van der Waals surface area contributed by atoms with Crippen molar-refractivity contribution >= 4 is 29.5 Å². The second kappa shape index (κ2) is 10.6. The Labute approximate surface area is 221 Å². The summed E-state index contributed by atoms with van der Waals surface area (Å²) < 4.78 is 0. The number of amides is 3. The molecule has 2 fully saturated rings. The molecular formula is C28H33N3O5S. The summed E-state index contributed by atoms with van der Waals surface area (Å²) in [5.41, 5.74) is 2.56. The van der Waals surface area contributed by atoms with E-state index in [1.807, 2.05) is 57.2 Å². The Morgan fingerprint density at radius 1 is 1.22 bits per heavy atom. The number of allylic oxidation sites excluding steroid dienone is 1. The zero-order chi connectivity index (χ0) is 26.9. The first kappa shape index (κ1) is 26.8. The second-order valence-corrected chi connectivity index (χ2v) is 11.1. The molecule has 1 unspecified atom stereocenters. The van der Waals surface area contributed by atoms with Crippen LogP contribution in [-0.2, 0) is 16.0 Å². The molecule has 4 atom stereocenters. The van der Waals surface area contributed by atoms with Gasteiger partial charge in [0.05, 0.1) is 11.9 Å². The quantitative estimate of drug-likeness (QED) is 0.363. The van der Waals surface area contributed by atoms with Gasteiger partial charge in [0, 0.05) is 17.7 Å². The van der Waals surface area contributed by atoms with E-state index in [4.69, 9.17) is 0 Å². The minimum atomic E-state index is -1.57. The van der Waals surface area contributed by atoms with Crippen molar-refractivity contribution in [1.29, 1.82) is 0 Å². The number of aliphatic hydroxyl groups is 1. The van der Waals surface area contributed by atoms with Gasteiger partial charge in [-0.3, -0.25) is 14.4 Å². The summed E-state index contributed by atoms with van der Waals surface area (Å²) in [7, 11) is 0. The number of phenols is 1. The molecular weight excluding hydrogens is 490 g/mol. The molecule has 0 aromatic heterocycles. The molecule has 196 valence electrons. The summed E-state index contributed by atoms with van der Waals surface area (Å²) in [5.74, 6) is -0.988. The van der Waals surface area contributed by atoms with Gasteiger partial charge in [-0.25, -0.2) is 0 Å².